The molecule has 0 bridgehead atoms. The van der Waals surface area contributed by atoms with Crippen LogP contribution in [-0.2, 0) is 11.2 Å². The number of hydrogen-bond donors (Lipinski definition) is 1. The Balaban J connectivity index is 1.72. The van der Waals surface area contributed by atoms with Gasteiger partial charge in [-0.25, -0.2) is 0 Å². The Morgan fingerprint density at radius 3 is 2.47 bits per heavy atom. The van der Waals surface area contributed by atoms with Crippen molar-refractivity contribution in [2.24, 2.45) is 0 Å². The van der Waals surface area contributed by atoms with Gasteiger partial charge in [0, 0.05) is 12.6 Å². The van der Waals surface area contributed by atoms with E-state index >= 15 is 0 Å². The van der Waals surface area contributed by atoms with Crippen LogP contribution in [0.3, 0.4) is 0 Å². The lowest BCUT2D eigenvalue weighted by molar-refractivity contribution is -0.126. The van der Waals surface area contributed by atoms with E-state index in [0.717, 1.165) is 43.0 Å². The second-order valence-corrected chi connectivity index (χ2v) is 9.44. The molecule has 190 valence electrons. The van der Waals surface area contributed by atoms with Crippen molar-refractivity contribution >= 4 is 23.5 Å². The van der Waals surface area contributed by atoms with Gasteiger partial charge < -0.3 is 19.7 Å². The van der Waals surface area contributed by atoms with Gasteiger partial charge in [-0.1, -0.05) is 55.7 Å². The summed E-state index contributed by atoms with van der Waals surface area (Å²) < 4.78 is 19.1. The first-order valence-corrected chi connectivity index (χ1v) is 13.0. The first-order chi connectivity index (χ1) is 17.6. The normalized spacial score (nSPS) is 14.6. The number of ether oxygens (including phenoxy) is 2. The van der Waals surface area contributed by atoms with Crippen LogP contribution in [0.4, 0.5) is 0 Å². The maximum atomic E-state index is 13.9. The van der Waals surface area contributed by atoms with E-state index in [1.807, 2.05) is 36.4 Å². The molecule has 3 aromatic rings. The summed E-state index contributed by atoms with van der Waals surface area (Å²) >= 11 is 0.971. The van der Waals surface area contributed by atoms with Crippen molar-refractivity contribution in [2.75, 3.05) is 20.8 Å². The zero-order valence-corrected chi connectivity index (χ0v) is 21.5. The van der Waals surface area contributed by atoms with Gasteiger partial charge in [-0.15, -0.1) is 0 Å². The highest BCUT2D eigenvalue weighted by atomic mass is 32.1. The summed E-state index contributed by atoms with van der Waals surface area (Å²) in [5.74, 6) is 0.506. The molecule has 1 aliphatic rings. The third-order valence-electron chi connectivity index (χ3n) is 6.56. The Bertz CT molecular complexity index is 1130. The Hall–Kier alpha value is -3.46. The van der Waals surface area contributed by atoms with Crippen molar-refractivity contribution in [3.8, 4) is 11.5 Å². The Kier molecular flexibility index (Phi) is 8.89. The summed E-state index contributed by atoms with van der Waals surface area (Å²) in [6, 6.07) is 14.5. The molecule has 1 aliphatic carbocycles. The molecule has 4 rings (SSSR count). The quantitative estimate of drug-likeness (QED) is 0.436. The number of carbonyl (C=O) groups excluding carboxylic acids is 2. The summed E-state index contributed by atoms with van der Waals surface area (Å²) in [7, 11) is 3.12. The summed E-state index contributed by atoms with van der Waals surface area (Å²) in [5, 5.41) is 3.22. The Morgan fingerprint density at radius 2 is 1.81 bits per heavy atom. The van der Waals surface area contributed by atoms with E-state index in [1.165, 1.54) is 12.6 Å². The van der Waals surface area contributed by atoms with Crippen LogP contribution in [0.15, 0.2) is 54.7 Å². The number of carbonyl (C=O) groups is 2. The largest absolute Gasteiger partial charge is 0.493 e. The van der Waals surface area contributed by atoms with E-state index in [-0.39, 0.29) is 23.6 Å². The van der Waals surface area contributed by atoms with Crippen molar-refractivity contribution in [1.82, 2.24) is 19.0 Å². The Labute approximate surface area is 216 Å². The van der Waals surface area contributed by atoms with Crippen molar-refractivity contribution in [1.29, 1.82) is 0 Å². The molecule has 2 aromatic carbocycles. The fourth-order valence-electron chi connectivity index (χ4n) is 4.67. The molecule has 2 amide bonds. The minimum Gasteiger partial charge on any atom is -0.493 e. The van der Waals surface area contributed by atoms with Gasteiger partial charge in [0.2, 0.25) is 5.91 Å². The van der Waals surface area contributed by atoms with E-state index in [4.69, 9.17) is 9.47 Å². The molecule has 0 unspecified atom stereocenters. The second-order valence-electron chi connectivity index (χ2n) is 8.89. The van der Waals surface area contributed by atoms with Crippen LogP contribution in [0.25, 0.3) is 0 Å². The first-order valence-electron chi connectivity index (χ1n) is 12.3. The van der Waals surface area contributed by atoms with Crippen LogP contribution >= 0.6 is 11.7 Å². The van der Waals surface area contributed by atoms with Crippen molar-refractivity contribution in [3.63, 3.8) is 0 Å². The molecule has 1 atom stereocenters. The topological polar surface area (TPSA) is 93.7 Å². The molecule has 36 heavy (non-hydrogen) atoms. The van der Waals surface area contributed by atoms with Gasteiger partial charge in [-0.3, -0.25) is 9.59 Å². The van der Waals surface area contributed by atoms with Crippen LogP contribution in [0.1, 0.15) is 59.8 Å². The highest BCUT2D eigenvalue weighted by molar-refractivity contribution is 6.99. The predicted molar refractivity (Wildman–Crippen MR) is 138 cm³/mol. The number of methoxy groups -OCH3 is 2. The number of nitrogens with one attached hydrogen (secondary N) is 1. The Morgan fingerprint density at radius 1 is 1.06 bits per heavy atom. The molecular weight excluding hydrogens is 476 g/mol. The maximum Gasteiger partial charge on any atom is 0.276 e. The van der Waals surface area contributed by atoms with Gasteiger partial charge >= 0.3 is 0 Å². The fourth-order valence-corrected chi connectivity index (χ4v) is 5.08. The average Bonchev–Trinajstić information content (AvgIpc) is 3.46. The second kappa shape index (κ2) is 12.5. The molecule has 1 N–H and O–H groups in total. The van der Waals surface area contributed by atoms with Crippen LogP contribution < -0.4 is 14.8 Å². The lowest BCUT2D eigenvalue weighted by Crippen LogP contribution is -2.47. The molecule has 8 nitrogen and oxygen atoms in total. The summed E-state index contributed by atoms with van der Waals surface area (Å²) in [5.41, 5.74) is 1.94. The van der Waals surface area contributed by atoms with Crippen LogP contribution in [-0.4, -0.2) is 52.3 Å². The molecule has 0 saturated heterocycles. The zero-order valence-electron chi connectivity index (χ0n) is 20.7. The smallest absolute Gasteiger partial charge is 0.276 e. The minimum atomic E-state index is -0.871. The third-order valence-corrected chi connectivity index (χ3v) is 7.04. The summed E-state index contributed by atoms with van der Waals surface area (Å²) in [6.45, 7) is 0.331. The molecule has 1 aromatic heterocycles. The highest BCUT2D eigenvalue weighted by Gasteiger charge is 2.34. The van der Waals surface area contributed by atoms with Gasteiger partial charge in [-0.2, -0.15) is 8.75 Å². The number of benzene rings is 2. The minimum absolute atomic E-state index is 0.0981. The number of amides is 2. The van der Waals surface area contributed by atoms with E-state index < -0.39 is 6.04 Å². The van der Waals surface area contributed by atoms with Gasteiger partial charge in [0.15, 0.2) is 17.2 Å². The summed E-state index contributed by atoms with van der Waals surface area (Å²) in [4.78, 5) is 29.2. The van der Waals surface area contributed by atoms with Gasteiger partial charge in [0.25, 0.3) is 5.91 Å². The maximum absolute atomic E-state index is 13.9. The van der Waals surface area contributed by atoms with Gasteiger partial charge in [0.1, 0.15) is 6.04 Å². The van der Waals surface area contributed by atoms with Crippen LogP contribution in [0.5, 0.6) is 11.5 Å². The molecule has 0 aliphatic heterocycles. The lowest BCUT2D eigenvalue weighted by Gasteiger charge is -2.33. The van der Waals surface area contributed by atoms with Crippen LogP contribution in [0.2, 0.25) is 0 Å². The summed E-state index contributed by atoms with van der Waals surface area (Å²) in [6.07, 6.45) is 7.29. The van der Waals surface area contributed by atoms with E-state index in [9.17, 15) is 9.59 Å². The first kappa shape index (κ1) is 25.6. The van der Waals surface area contributed by atoms with Crippen molar-refractivity contribution < 1.29 is 19.1 Å². The molecule has 1 saturated carbocycles. The number of hydrogen-bond acceptors (Lipinski definition) is 7. The van der Waals surface area contributed by atoms with E-state index in [0.29, 0.717) is 30.0 Å². The van der Waals surface area contributed by atoms with Crippen molar-refractivity contribution in [3.05, 3.63) is 71.5 Å². The highest BCUT2D eigenvalue weighted by Crippen LogP contribution is 2.33. The molecule has 1 fully saturated rings. The average molecular weight is 509 g/mol. The molecule has 9 heteroatoms. The molecule has 1 heterocycles. The van der Waals surface area contributed by atoms with Crippen LogP contribution in [0, 0.1) is 0 Å². The SMILES string of the molecule is COc1ccc([C@H](C(=O)NC2CCCCC2)N(CCc2ccccc2)C(=O)c2cnsn2)cc1OC. The molecule has 0 radical (unpaired) electrons. The van der Waals surface area contributed by atoms with E-state index in [2.05, 4.69) is 14.1 Å². The fraction of sp³-hybridized carbons (Fsp3) is 0.407. The third kappa shape index (κ3) is 6.20. The zero-order chi connectivity index (χ0) is 25.3. The van der Waals surface area contributed by atoms with Gasteiger partial charge in [0.05, 0.1) is 32.1 Å². The predicted octanol–water partition coefficient (Wildman–Crippen LogP) is 4.43. The number of aromatic nitrogens is 2. The number of rotatable bonds is 10. The lowest BCUT2D eigenvalue weighted by atomic mass is 9.94. The van der Waals surface area contributed by atoms with E-state index in [1.54, 1.807) is 31.3 Å². The molecular formula is C27H32N4O4S. The molecule has 0 spiro atoms. The standard InChI is InChI=1S/C27H32N4O4S/c1-34-23-14-13-20(17-24(23)35-2)25(26(32)29-21-11-7-4-8-12-21)31(27(33)22-18-28-36-30-22)16-15-19-9-5-3-6-10-19/h3,5-6,9-10,13-14,17-18,21,25H,4,7-8,11-12,15-16H2,1-2H3,(H,29,32)/t25-/m1/s1. The number of nitrogens with zero attached hydrogens (tertiary/aromatic N) is 3. The van der Waals surface area contributed by atoms with Crippen molar-refractivity contribution in [2.45, 2.75) is 50.6 Å². The van der Waals surface area contributed by atoms with Gasteiger partial charge in [-0.05, 0) is 42.5 Å². The monoisotopic (exact) mass is 508 g/mol.